The summed E-state index contributed by atoms with van der Waals surface area (Å²) >= 11 is 5.93. The molecule has 0 N–H and O–H groups in total. The largest absolute Gasteiger partial charge is 0.361 e. The van der Waals surface area contributed by atoms with E-state index in [2.05, 4.69) is 5.16 Å². The second-order valence-corrected chi connectivity index (χ2v) is 6.28. The van der Waals surface area contributed by atoms with E-state index in [0.717, 1.165) is 43.6 Å². The van der Waals surface area contributed by atoms with Crippen LogP contribution in [0.4, 0.5) is 8.78 Å². The number of rotatable bonds is 4. The van der Waals surface area contributed by atoms with Crippen molar-refractivity contribution < 1.29 is 18.1 Å². The molecule has 2 aromatic rings. The molecular formula is C17H17ClF2N2O2. The first-order valence-corrected chi connectivity index (χ1v) is 8.30. The summed E-state index contributed by atoms with van der Waals surface area (Å²) in [5.41, 5.74) is 0.641. The summed E-state index contributed by atoms with van der Waals surface area (Å²) in [6, 6.07) is 3.29. The lowest BCUT2D eigenvalue weighted by molar-refractivity contribution is 0.0730. The van der Waals surface area contributed by atoms with E-state index in [1.54, 1.807) is 4.90 Å². The molecule has 1 atom stereocenters. The fraction of sp³-hybridized carbons (Fsp3) is 0.412. The Hall–Kier alpha value is -1.95. The molecule has 1 aromatic heterocycles. The fourth-order valence-corrected chi connectivity index (χ4v) is 3.24. The van der Waals surface area contributed by atoms with Gasteiger partial charge in [-0.3, -0.25) is 4.79 Å². The molecular weight excluding hydrogens is 338 g/mol. The molecule has 0 saturated carbocycles. The number of likely N-dealkylation sites (tertiary alicyclic amines) is 1. The van der Waals surface area contributed by atoms with Crippen LogP contribution in [0.25, 0.3) is 0 Å². The number of halogens is 3. The first kappa shape index (κ1) is 16.9. The number of aryl methyl sites for hydroxylation is 1. The van der Waals surface area contributed by atoms with Crippen molar-refractivity contribution in [1.82, 2.24) is 10.1 Å². The van der Waals surface area contributed by atoms with Crippen molar-refractivity contribution in [3.05, 3.63) is 51.9 Å². The number of amides is 1. The SMILES string of the molecule is CCCc1cc(C2CCCN2C(=O)c2cc(F)c(F)cc2Cl)no1. The monoisotopic (exact) mass is 354 g/mol. The van der Waals surface area contributed by atoms with Crippen molar-refractivity contribution in [2.75, 3.05) is 6.54 Å². The summed E-state index contributed by atoms with van der Waals surface area (Å²) in [6.45, 7) is 2.55. The Bertz CT molecular complexity index is 763. The first-order chi connectivity index (χ1) is 11.5. The highest BCUT2D eigenvalue weighted by atomic mass is 35.5. The van der Waals surface area contributed by atoms with Crippen LogP contribution in [0, 0.1) is 11.6 Å². The number of hydrogen-bond acceptors (Lipinski definition) is 3. The van der Waals surface area contributed by atoms with E-state index in [4.69, 9.17) is 16.1 Å². The van der Waals surface area contributed by atoms with Crippen LogP contribution in [0.3, 0.4) is 0 Å². The van der Waals surface area contributed by atoms with Gasteiger partial charge < -0.3 is 9.42 Å². The summed E-state index contributed by atoms with van der Waals surface area (Å²) in [7, 11) is 0. The molecule has 7 heteroatoms. The molecule has 1 unspecified atom stereocenters. The Kier molecular flexibility index (Phi) is 4.85. The summed E-state index contributed by atoms with van der Waals surface area (Å²) in [5.74, 6) is -1.82. The van der Waals surface area contributed by atoms with Gasteiger partial charge in [0.05, 0.1) is 16.6 Å². The van der Waals surface area contributed by atoms with Crippen molar-refractivity contribution in [3.63, 3.8) is 0 Å². The summed E-state index contributed by atoms with van der Waals surface area (Å²) in [6.07, 6.45) is 3.26. The lowest BCUT2D eigenvalue weighted by Gasteiger charge is -2.23. The van der Waals surface area contributed by atoms with Crippen LogP contribution >= 0.6 is 11.6 Å². The van der Waals surface area contributed by atoms with Crippen molar-refractivity contribution in [1.29, 1.82) is 0 Å². The quantitative estimate of drug-likeness (QED) is 0.757. The zero-order chi connectivity index (χ0) is 17.3. The van der Waals surface area contributed by atoms with Crippen molar-refractivity contribution in [3.8, 4) is 0 Å². The van der Waals surface area contributed by atoms with Gasteiger partial charge in [-0.05, 0) is 31.4 Å². The third-order valence-corrected chi connectivity index (χ3v) is 4.48. The van der Waals surface area contributed by atoms with Crippen LogP contribution in [-0.4, -0.2) is 22.5 Å². The Morgan fingerprint density at radius 1 is 1.38 bits per heavy atom. The van der Waals surface area contributed by atoms with Crippen LogP contribution in [0.1, 0.15) is 54.0 Å². The van der Waals surface area contributed by atoms with Crippen molar-refractivity contribution in [2.45, 2.75) is 38.6 Å². The molecule has 1 saturated heterocycles. The predicted molar refractivity (Wildman–Crippen MR) is 84.9 cm³/mol. The number of carbonyl (C=O) groups is 1. The van der Waals surface area contributed by atoms with Gasteiger partial charge in [0.25, 0.3) is 5.91 Å². The van der Waals surface area contributed by atoms with E-state index in [0.29, 0.717) is 12.2 Å². The average Bonchev–Trinajstić information content (AvgIpc) is 3.19. The molecule has 128 valence electrons. The van der Waals surface area contributed by atoms with Crippen molar-refractivity contribution >= 4 is 17.5 Å². The number of aromatic nitrogens is 1. The van der Waals surface area contributed by atoms with E-state index in [-0.39, 0.29) is 16.6 Å². The molecule has 2 heterocycles. The van der Waals surface area contributed by atoms with Gasteiger partial charge in [0.1, 0.15) is 11.5 Å². The average molecular weight is 355 g/mol. The molecule has 4 nitrogen and oxygen atoms in total. The number of carbonyl (C=O) groups excluding carboxylic acids is 1. The Labute approximate surface area is 143 Å². The minimum atomic E-state index is -1.09. The summed E-state index contributed by atoms with van der Waals surface area (Å²) < 4.78 is 32.0. The molecule has 0 aliphatic carbocycles. The lowest BCUT2D eigenvalue weighted by atomic mass is 10.1. The molecule has 1 aliphatic rings. The standard InChI is InChI=1S/C17H17ClF2N2O2/c1-2-4-10-7-15(21-24-10)16-5-3-6-22(16)17(23)11-8-13(19)14(20)9-12(11)18/h7-9,16H,2-6H2,1H3. The highest BCUT2D eigenvalue weighted by molar-refractivity contribution is 6.33. The minimum Gasteiger partial charge on any atom is -0.361 e. The summed E-state index contributed by atoms with van der Waals surface area (Å²) in [5, 5.41) is 3.96. The molecule has 1 aliphatic heterocycles. The van der Waals surface area contributed by atoms with E-state index >= 15 is 0 Å². The van der Waals surface area contributed by atoms with Crippen LogP contribution in [0.5, 0.6) is 0 Å². The normalized spacial score (nSPS) is 17.5. The molecule has 0 bridgehead atoms. The van der Waals surface area contributed by atoms with Gasteiger partial charge in [-0.2, -0.15) is 0 Å². The van der Waals surface area contributed by atoms with E-state index in [1.807, 2.05) is 13.0 Å². The molecule has 0 spiro atoms. The Balaban J connectivity index is 1.87. The number of benzene rings is 1. The molecule has 24 heavy (non-hydrogen) atoms. The first-order valence-electron chi connectivity index (χ1n) is 7.92. The molecule has 0 radical (unpaired) electrons. The maximum Gasteiger partial charge on any atom is 0.256 e. The highest BCUT2D eigenvalue weighted by Crippen LogP contribution is 2.34. The van der Waals surface area contributed by atoms with Gasteiger partial charge >= 0.3 is 0 Å². The van der Waals surface area contributed by atoms with Gasteiger partial charge in [0, 0.05) is 19.0 Å². The zero-order valence-electron chi connectivity index (χ0n) is 13.2. The summed E-state index contributed by atoms with van der Waals surface area (Å²) in [4.78, 5) is 14.3. The third-order valence-electron chi connectivity index (χ3n) is 4.17. The molecule has 1 aromatic carbocycles. The maximum atomic E-state index is 13.5. The van der Waals surface area contributed by atoms with Gasteiger partial charge in [-0.25, -0.2) is 8.78 Å². The second-order valence-electron chi connectivity index (χ2n) is 5.87. The second kappa shape index (κ2) is 6.89. The van der Waals surface area contributed by atoms with Crippen molar-refractivity contribution in [2.24, 2.45) is 0 Å². The number of nitrogens with zero attached hydrogens (tertiary/aromatic N) is 2. The van der Waals surface area contributed by atoms with Crippen LogP contribution in [0.2, 0.25) is 5.02 Å². The van der Waals surface area contributed by atoms with Gasteiger partial charge in [-0.15, -0.1) is 0 Å². The smallest absolute Gasteiger partial charge is 0.256 e. The Morgan fingerprint density at radius 3 is 2.88 bits per heavy atom. The van der Waals surface area contributed by atoms with E-state index in [1.165, 1.54) is 0 Å². The minimum absolute atomic E-state index is 0.0419. The van der Waals surface area contributed by atoms with Crippen LogP contribution in [-0.2, 0) is 6.42 Å². The van der Waals surface area contributed by atoms with E-state index in [9.17, 15) is 13.6 Å². The lowest BCUT2D eigenvalue weighted by Crippen LogP contribution is -2.31. The molecule has 1 fully saturated rings. The molecule has 1 amide bonds. The highest BCUT2D eigenvalue weighted by Gasteiger charge is 2.34. The topological polar surface area (TPSA) is 46.3 Å². The fourth-order valence-electron chi connectivity index (χ4n) is 3.01. The molecule has 3 rings (SSSR count). The van der Waals surface area contributed by atoms with Gasteiger partial charge in [0.15, 0.2) is 11.6 Å². The van der Waals surface area contributed by atoms with Gasteiger partial charge in [-0.1, -0.05) is 23.7 Å². The Morgan fingerprint density at radius 2 is 2.12 bits per heavy atom. The predicted octanol–water partition coefficient (Wildman–Crippen LogP) is 4.54. The zero-order valence-corrected chi connectivity index (χ0v) is 13.9. The van der Waals surface area contributed by atoms with Crippen LogP contribution < -0.4 is 0 Å². The van der Waals surface area contributed by atoms with E-state index < -0.39 is 17.5 Å². The van der Waals surface area contributed by atoms with Gasteiger partial charge in [0.2, 0.25) is 0 Å². The third kappa shape index (κ3) is 3.15. The van der Waals surface area contributed by atoms with Crippen LogP contribution in [0.15, 0.2) is 22.7 Å². The number of hydrogen-bond donors (Lipinski definition) is 0. The maximum absolute atomic E-state index is 13.5.